The fraction of sp³-hybridized carbons (Fsp3) is 0.806. The average molecular weight is 677 g/mol. The molecule has 0 radical (unpaired) electrons. The number of rotatable bonds is 21. The van der Waals surface area contributed by atoms with Crippen LogP contribution in [0.15, 0.2) is 4.79 Å². The molecule has 1 saturated carbocycles. The van der Waals surface area contributed by atoms with E-state index in [0.717, 1.165) is 25.7 Å². The number of H-pyrrole nitrogens is 1. The number of aromatic amines is 1. The molecule has 0 bridgehead atoms. The molecular formula is C36H64N6O6. The lowest BCUT2D eigenvalue weighted by atomic mass is 9.62. The topological polar surface area (TPSA) is 178 Å². The summed E-state index contributed by atoms with van der Waals surface area (Å²) in [6, 6.07) is -0.573. The lowest BCUT2D eigenvalue weighted by molar-refractivity contribution is 0.0635. The van der Waals surface area contributed by atoms with Crippen molar-refractivity contribution in [1.82, 2.24) is 20.6 Å². The summed E-state index contributed by atoms with van der Waals surface area (Å²) in [4.78, 5) is 56.0. The van der Waals surface area contributed by atoms with Crippen LogP contribution >= 0.6 is 0 Å². The van der Waals surface area contributed by atoms with Crippen molar-refractivity contribution in [3.05, 3.63) is 21.6 Å². The normalized spacial score (nSPS) is 19.2. The Kier molecular flexibility index (Phi) is 17.8. The van der Waals surface area contributed by atoms with Crippen LogP contribution in [0.4, 0.5) is 20.3 Å². The van der Waals surface area contributed by atoms with Crippen molar-refractivity contribution in [2.45, 2.75) is 150 Å². The number of unbranched alkanes of at least 4 members (excludes halogenated alkanes) is 8. The molecule has 0 spiro atoms. The van der Waals surface area contributed by atoms with Gasteiger partial charge in [0.1, 0.15) is 0 Å². The van der Waals surface area contributed by atoms with E-state index in [0.29, 0.717) is 36.7 Å². The zero-order valence-electron chi connectivity index (χ0n) is 30.6. The summed E-state index contributed by atoms with van der Waals surface area (Å²) in [5.41, 5.74) is 4.96. The molecule has 12 nitrogen and oxygen atoms in total. The van der Waals surface area contributed by atoms with E-state index in [9.17, 15) is 19.2 Å². The first-order chi connectivity index (χ1) is 22.8. The maximum absolute atomic E-state index is 13.0. The van der Waals surface area contributed by atoms with Crippen molar-refractivity contribution in [2.24, 2.45) is 22.5 Å². The van der Waals surface area contributed by atoms with Crippen LogP contribution in [0.2, 0.25) is 0 Å². The summed E-state index contributed by atoms with van der Waals surface area (Å²) < 4.78 is 10.5. The van der Waals surface area contributed by atoms with Crippen LogP contribution in [0.1, 0.15) is 142 Å². The fourth-order valence-corrected chi connectivity index (χ4v) is 7.32. The van der Waals surface area contributed by atoms with Gasteiger partial charge in [-0.3, -0.25) is 15.1 Å². The van der Waals surface area contributed by atoms with Crippen LogP contribution in [0, 0.1) is 23.7 Å². The van der Waals surface area contributed by atoms with E-state index in [1.165, 1.54) is 64.2 Å². The molecule has 0 aliphatic heterocycles. The van der Waals surface area contributed by atoms with Gasteiger partial charge in [0.25, 0.3) is 5.56 Å². The highest BCUT2D eigenvalue weighted by Gasteiger charge is 2.42. The lowest BCUT2D eigenvalue weighted by Gasteiger charge is -2.46. The molecule has 48 heavy (non-hydrogen) atoms. The van der Waals surface area contributed by atoms with E-state index in [1.54, 1.807) is 6.92 Å². The molecule has 1 aliphatic rings. The second-order valence-electron chi connectivity index (χ2n) is 15.0. The molecule has 1 aromatic rings. The minimum absolute atomic E-state index is 0.0196. The second kappa shape index (κ2) is 20.9. The van der Waals surface area contributed by atoms with Crippen LogP contribution in [0.25, 0.3) is 0 Å². The molecular weight excluding hydrogens is 612 g/mol. The monoisotopic (exact) mass is 676 g/mol. The molecule has 0 saturated heterocycles. The zero-order chi connectivity index (χ0) is 35.6. The smallest absolute Gasteiger partial charge is 0.407 e. The van der Waals surface area contributed by atoms with Crippen molar-refractivity contribution in [3.8, 4) is 0 Å². The van der Waals surface area contributed by atoms with Crippen LogP contribution in [-0.2, 0) is 15.9 Å². The first-order valence-corrected chi connectivity index (χ1v) is 18.3. The molecule has 1 heterocycles. The van der Waals surface area contributed by atoms with Gasteiger partial charge in [0.15, 0.2) is 0 Å². The summed E-state index contributed by atoms with van der Waals surface area (Å²) in [6.07, 6.45) is 15.9. The van der Waals surface area contributed by atoms with Gasteiger partial charge in [0, 0.05) is 24.6 Å². The summed E-state index contributed by atoms with van der Waals surface area (Å²) in [5.74, 6) is 0.418. The van der Waals surface area contributed by atoms with Gasteiger partial charge in [0.2, 0.25) is 5.95 Å². The van der Waals surface area contributed by atoms with Gasteiger partial charge in [-0.15, -0.1) is 0 Å². The summed E-state index contributed by atoms with van der Waals surface area (Å²) >= 11 is 0. The molecule has 3 atom stereocenters. The van der Waals surface area contributed by atoms with Crippen molar-refractivity contribution < 1.29 is 23.9 Å². The Bertz CT molecular complexity index is 1200. The molecule has 1 aliphatic carbocycles. The number of hydrogen-bond donors (Lipinski definition) is 5. The van der Waals surface area contributed by atoms with Gasteiger partial charge in [-0.25, -0.2) is 19.4 Å². The Labute approximate surface area is 287 Å². The van der Waals surface area contributed by atoms with Crippen molar-refractivity contribution in [3.63, 3.8) is 0 Å². The number of aromatic nitrogens is 2. The lowest BCUT2D eigenvalue weighted by Crippen LogP contribution is -2.51. The van der Waals surface area contributed by atoms with E-state index in [1.807, 2.05) is 0 Å². The number of anilines is 1. The Balaban J connectivity index is 1.89. The molecule has 274 valence electrons. The van der Waals surface area contributed by atoms with E-state index < -0.39 is 17.7 Å². The predicted molar refractivity (Wildman–Crippen MR) is 190 cm³/mol. The molecule has 1 aromatic heterocycles. The second-order valence-corrected chi connectivity index (χ2v) is 15.0. The van der Waals surface area contributed by atoms with Gasteiger partial charge in [0.05, 0.1) is 18.9 Å². The third kappa shape index (κ3) is 16.2. The molecule has 1 fully saturated rings. The molecule has 2 rings (SSSR count). The minimum atomic E-state index is -0.917. The highest BCUT2D eigenvalue weighted by Crippen LogP contribution is 2.45. The first kappa shape index (κ1) is 40.9. The third-order valence-corrected chi connectivity index (χ3v) is 9.37. The van der Waals surface area contributed by atoms with Crippen LogP contribution in [-0.4, -0.2) is 54.0 Å². The maximum atomic E-state index is 13.0. The molecule has 4 amide bonds. The standard InChI is InChI=1S/C36H64N6O6/c1-7-9-11-13-14-16-18-27(17-15-12-10-8-2)23-48-34(46)40-28-21-35(4,5)24-36(6,22-28)25-38-33(45)42-32-39-26(3)29(30(43)41-32)19-20-47-31(37)44/h27-28H,7-25H2,1-6H3,(H2,37,44)(H,40,46)(H3,38,39,41,42,43,45). The Morgan fingerprint density at radius 1 is 0.958 bits per heavy atom. The number of nitrogens with one attached hydrogen (secondary N) is 4. The van der Waals surface area contributed by atoms with Gasteiger partial charge in [-0.1, -0.05) is 98.8 Å². The highest BCUT2D eigenvalue weighted by molar-refractivity contribution is 5.87. The maximum Gasteiger partial charge on any atom is 0.407 e. The van der Waals surface area contributed by atoms with Gasteiger partial charge in [-0.05, 0) is 55.8 Å². The minimum Gasteiger partial charge on any atom is -0.449 e. The van der Waals surface area contributed by atoms with Crippen molar-refractivity contribution in [2.75, 3.05) is 25.1 Å². The SMILES string of the molecule is CCCCCCCCC(CCCCCC)COC(=O)NC1CC(C)(C)CC(C)(CNC(=O)Nc2nc(C)c(CCOC(N)=O)c(=O)[nH]2)C1. The fourth-order valence-electron chi connectivity index (χ4n) is 7.32. The summed E-state index contributed by atoms with van der Waals surface area (Å²) in [6.45, 7) is 13.4. The molecule has 0 aromatic carbocycles. The number of alkyl carbamates (subject to hydrolysis) is 1. The highest BCUT2D eigenvalue weighted by atomic mass is 16.6. The summed E-state index contributed by atoms with van der Waals surface area (Å²) in [5, 5.41) is 8.68. The average Bonchev–Trinajstić information content (AvgIpc) is 2.98. The number of urea groups is 1. The molecule has 3 unspecified atom stereocenters. The largest absolute Gasteiger partial charge is 0.449 e. The molecule has 12 heteroatoms. The zero-order valence-corrected chi connectivity index (χ0v) is 30.6. The Hall–Kier alpha value is -3.31. The number of nitrogens with two attached hydrogens (primary N) is 1. The van der Waals surface area contributed by atoms with Gasteiger partial charge < -0.3 is 25.8 Å². The van der Waals surface area contributed by atoms with Crippen LogP contribution in [0.5, 0.6) is 0 Å². The van der Waals surface area contributed by atoms with Gasteiger partial charge in [-0.2, -0.15) is 0 Å². The Morgan fingerprint density at radius 3 is 2.21 bits per heavy atom. The Morgan fingerprint density at radius 2 is 1.58 bits per heavy atom. The number of nitrogens with zero attached hydrogens (tertiary/aromatic N) is 1. The van der Waals surface area contributed by atoms with E-state index in [2.05, 4.69) is 60.5 Å². The number of carbonyl (C=O) groups excluding carboxylic acids is 3. The van der Waals surface area contributed by atoms with E-state index in [4.69, 9.17) is 15.2 Å². The van der Waals surface area contributed by atoms with Crippen LogP contribution in [0.3, 0.4) is 0 Å². The number of amides is 4. The first-order valence-electron chi connectivity index (χ1n) is 18.3. The number of hydrogen-bond acceptors (Lipinski definition) is 7. The number of ether oxygens (including phenoxy) is 2. The van der Waals surface area contributed by atoms with E-state index >= 15 is 0 Å². The number of carbonyl (C=O) groups is 3. The van der Waals surface area contributed by atoms with Crippen molar-refractivity contribution >= 4 is 24.2 Å². The predicted octanol–water partition coefficient (Wildman–Crippen LogP) is 7.49. The third-order valence-electron chi connectivity index (χ3n) is 9.37. The molecule has 6 N–H and O–H groups in total. The summed E-state index contributed by atoms with van der Waals surface area (Å²) in [7, 11) is 0. The number of primary amides is 1. The van der Waals surface area contributed by atoms with Crippen LogP contribution < -0.4 is 27.2 Å². The number of aryl methyl sites for hydroxylation is 1. The van der Waals surface area contributed by atoms with Crippen molar-refractivity contribution in [1.29, 1.82) is 0 Å². The quantitative estimate of drug-likeness (QED) is 0.0838. The van der Waals surface area contributed by atoms with Gasteiger partial charge >= 0.3 is 18.2 Å². The van der Waals surface area contributed by atoms with E-state index in [-0.39, 0.29) is 41.9 Å².